The van der Waals surface area contributed by atoms with Crippen LogP contribution in [0.5, 0.6) is 0 Å². The first kappa shape index (κ1) is 48.3. The Morgan fingerprint density at radius 1 is 0.600 bits per heavy atom. The zero-order valence-corrected chi connectivity index (χ0v) is 33.3. The van der Waals surface area contributed by atoms with Crippen LogP contribution in [0.3, 0.4) is 0 Å². The van der Waals surface area contributed by atoms with Crippen LogP contribution in [0.2, 0.25) is 0 Å². The highest BCUT2D eigenvalue weighted by molar-refractivity contribution is 5.77. The molecule has 50 heavy (non-hydrogen) atoms. The zero-order valence-electron chi connectivity index (χ0n) is 33.3. The number of amides is 1. The molecule has 0 aliphatic heterocycles. The quantitative estimate of drug-likeness (QED) is 0.0337. The minimum atomic E-state index is -0.781. The van der Waals surface area contributed by atoms with Gasteiger partial charge < -0.3 is 20.3 Å². The van der Waals surface area contributed by atoms with Crippen LogP contribution in [0, 0.1) is 0 Å². The number of esters is 1. The third-order valence-corrected chi connectivity index (χ3v) is 9.79. The van der Waals surface area contributed by atoms with Crippen LogP contribution in [-0.4, -0.2) is 46.9 Å². The second-order valence-corrected chi connectivity index (χ2v) is 14.7. The second-order valence-electron chi connectivity index (χ2n) is 14.7. The summed E-state index contributed by atoms with van der Waals surface area (Å²) in [5.41, 5.74) is 0. The third kappa shape index (κ3) is 33.5. The summed E-state index contributed by atoms with van der Waals surface area (Å²) in [5.74, 6) is -0.483. The third-order valence-electron chi connectivity index (χ3n) is 9.79. The Morgan fingerprint density at radius 2 is 1.08 bits per heavy atom. The average Bonchev–Trinajstić information content (AvgIpc) is 3.10. The molecule has 6 heteroatoms. The van der Waals surface area contributed by atoms with Crippen LogP contribution in [-0.2, 0) is 14.3 Å². The maximum atomic E-state index is 13.0. The van der Waals surface area contributed by atoms with E-state index in [1.54, 1.807) is 0 Å². The molecule has 0 aromatic rings. The van der Waals surface area contributed by atoms with Gasteiger partial charge in [-0.3, -0.25) is 9.59 Å². The summed E-state index contributed by atoms with van der Waals surface area (Å²) in [5, 5.41) is 23.5. The normalized spacial score (nSPS) is 13.6. The van der Waals surface area contributed by atoms with Gasteiger partial charge in [-0.05, 0) is 51.4 Å². The minimum absolute atomic E-state index is 0.0775. The van der Waals surface area contributed by atoms with E-state index < -0.39 is 18.2 Å². The van der Waals surface area contributed by atoms with Gasteiger partial charge in [-0.2, -0.15) is 0 Å². The number of carbonyl (C=O) groups excluding carboxylic acids is 2. The van der Waals surface area contributed by atoms with Crippen LogP contribution in [0.25, 0.3) is 0 Å². The summed E-state index contributed by atoms with van der Waals surface area (Å²) in [6, 6.07) is -0.694. The molecule has 6 nitrogen and oxygen atoms in total. The molecule has 0 rings (SSSR count). The average molecular weight is 706 g/mol. The number of rotatable bonds is 38. The minimum Gasteiger partial charge on any atom is -0.462 e. The van der Waals surface area contributed by atoms with Crippen LogP contribution >= 0.6 is 0 Å². The Bertz CT molecular complexity index is 797. The molecule has 1 amide bonds. The van der Waals surface area contributed by atoms with Crippen LogP contribution in [0.15, 0.2) is 24.3 Å². The molecule has 0 bridgehead atoms. The van der Waals surface area contributed by atoms with E-state index in [1.807, 2.05) is 0 Å². The molecule has 0 spiro atoms. The van der Waals surface area contributed by atoms with Crippen molar-refractivity contribution in [3.05, 3.63) is 24.3 Å². The number of ether oxygens (including phenoxy) is 1. The predicted octanol–water partition coefficient (Wildman–Crippen LogP) is 12.0. The largest absolute Gasteiger partial charge is 0.462 e. The number of unbranched alkanes of at least 4 members (excludes halogenated alkanes) is 22. The Morgan fingerprint density at radius 3 is 1.62 bits per heavy atom. The molecule has 0 saturated carbocycles. The molecule has 3 unspecified atom stereocenters. The molecule has 0 heterocycles. The Balaban J connectivity index is 4.50. The van der Waals surface area contributed by atoms with Gasteiger partial charge in [0.15, 0.2) is 0 Å². The number of carbonyl (C=O) groups is 2. The first-order valence-corrected chi connectivity index (χ1v) is 21.6. The Kier molecular flexibility index (Phi) is 37.3. The number of allylic oxidation sites excluding steroid dienone is 4. The summed E-state index contributed by atoms with van der Waals surface area (Å²) in [6.45, 7) is 6.32. The second kappa shape index (κ2) is 38.6. The van der Waals surface area contributed by atoms with Gasteiger partial charge >= 0.3 is 5.97 Å². The van der Waals surface area contributed by atoms with Gasteiger partial charge in [-0.25, -0.2) is 0 Å². The van der Waals surface area contributed by atoms with Gasteiger partial charge in [0.25, 0.3) is 0 Å². The molecule has 0 radical (unpaired) electrons. The number of aliphatic hydroxyl groups is 2. The number of aliphatic hydroxyl groups excluding tert-OH is 2. The fraction of sp³-hybridized carbons (Fsp3) is 0.864. The lowest BCUT2D eigenvalue weighted by atomic mass is 10.0. The smallest absolute Gasteiger partial charge is 0.306 e. The summed E-state index contributed by atoms with van der Waals surface area (Å²) in [4.78, 5) is 25.8. The molecule has 294 valence electrons. The maximum Gasteiger partial charge on any atom is 0.306 e. The van der Waals surface area contributed by atoms with Crippen LogP contribution in [0.4, 0.5) is 0 Å². The van der Waals surface area contributed by atoms with Crippen molar-refractivity contribution >= 4 is 11.9 Å². The van der Waals surface area contributed by atoms with Crippen molar-refractivity contribution in [2.24, 2.45) is 0 Å². The van der Waals surface area contributed by atoms with E-state index in [-0.39, 0.29) is 24.9 Å². The molecule has 0 aliphatic rings. The molecular formula is C44H83NO5. The SMILES string of the molecule is CC/C=C/C/C=C/CCCCCCCCCC(=O)OC(CCCCCCCCCC)CC(=O)NC(CO)C(O)CCCCCCCCCCC. The van der Waals surface area contributed by atoms with Gasteiger partial charge in [0.1, 0.15) is 6.10 Å². The molecule has 0 saturated heterocycles. The van der Waals surface area contributed by atoms with E-state index >= 15 is 0 Å². The standard InChI is InChI=1S/C44H83NO5/c1-4-7-10-13-16-19-20-21-22-23-25-28-31-34-37-44(49)50-40(35-32-29-26-18-15-12-9-6-3)38-43(48)45-41(39-46)42(47)36-33-30-27-24-17-14-11-8-5-2/h7,10,16,19,40-42,46-47H,4-6,8-9,11-15,17-18,20-39H2,1-3H3,(H,45,48)/b10-7+,19-16+. The molecule has 3 N–H and O–H groups in total. The van der Waals surface area contributed by atoms with E-state index in [1.165, 1.54) is 103 Å². The van der Waals surface area contributed by atoms with Gasteiger partial charge in [-0.1, -0.05) is 180 Å². The maximum absolute atomic E-state index is 13.0. The van der Waals surface area contributed by atoms with Crippen molar-refractivity contribution in [3.63, 3.8) is 0 Å². The van der Waals surface area contributed by atoms with Gasteiger partial charge in [0.05, 0.1) is 25.2 Å². The number of hydrogen-bond donors (Lipinski definition) is 3. The lowest BCUT2D eigenvalue weighted by Gasteiger charge is -2.24. The van der Waals surface area contributed by atoms with E-state index in [0.29, 0.717) is 19.3 Å². The molecular weight excluding hydrogens is 622 g/mol. The Labute approximate surface area is 310 Å². The number of hydrogen-bond acceptors (Lipinski definition) is 5. The van der Waals surface area contributed by atoms with E-state index in [9.17, 15) is 19.8 Å². The monoisotopic (exact) mass is 706 g/mol. The highest BCUT2D eigenvalue weighted by atomic mass is 16.5. The van der Waals surface area contributed by atoms with E-state index in [0.717, 1.165) is 70.6 Å². The van der Waals surface area contributed by atoms with Gasteiger partial charge in [-0.15, -0.1) is 0 Å². The summed E-state index contributed by atoms with van der Waals surface area (Å²) in [7, 11) is 0. The summed E-state index contributed by atoms with van der Waals surface area (Å²) < 4.78 is 5.87. The van der Waals surface area contributed by atoms with Crippen LogP contribution < -0.4 is 5.32 Å². The first-order valence-electron chi connectivity index (χ1n) is 21.6. The molecule has 3 atom stereocenters. The predicted molar refractivity (Wildman–Crippen MR) is 213 cm³/mol. The molecule has 0 aromatic carbocycles. The zero-order chi connectivity index (χ0) is 36.8. The van der Waals surface area contributed by atoms with Crippen molar-refractivity contribution in [2.45, 2.75) is 238 Å². The molecule has 0 aliphatic carbocycles. The highest BCUT2D eigenvalue weighted by Gasteiger charge is 2.24. The van der Waals surface area contributed by atoms with E-state index in [2.05, 4.69) is 50.4 Å². The summed E-state index contributed by atoms with van der Waals surface area (Å²) >= 11 is 0. The van der Waals surface area contributed by atoms with Crippen molar-refractivity contribution < 1.29 is 24.5 Å². The fourth-order valence-corrected chi connectivity index (χ4v) is 6.53. The van der Waals surface area contributed by atoms with Gasteiger partial charge in [0.2, 0.25) is 5.91 Å². The van der Waals surface area contributed by atoms with Crippen molar-refractivity contribution in [3.8, 4) is 0 Å². The fourth-order valence-electron chi connectivity index (χ4n) is 6.53. The van der Waals surface area contributed by atoms with E-state index in [4.69, 9.17) is 4.74 Å². The van der Waals surface area contributed by atoms with Gasteiger partial charge in [0, 0.05) is 6.42 Å². The highest BCUT2D eigenvalue weighted by Crippen LogP contribution is 2.17. The molecule has 0 fully saturated rings. The number of nitrogens with one attached hydrogen (secondary N) is 1. The lowest BCUT2D eigenvalue weighted by Crippen LogP contribution is -2.46. The lowest BCUT2D eigenvalue weighted by molar-refractivity contribution is -0.151. The van der Waals surface area contributed by atoms with Crippen molar-refractivity contribution in [2.75, 3.05) is 6.61 Å². The van der Waals surface area contributed by atoms with Crippen molar-refractivity contribution in [1.82, 2.24) is 5.32 Å². The topological polar surface area (TPSA) is 95.9 Å². The van der Waals surface area contributed by atoms with Crippen LogP contribution in [0.1, 0.15) is 220 Å². The summed E-state index contributed by atoms with van der Waals surface area (Å²) in [6.07, 6.45) is 41.0. The Hall–Kier alpha value is -1.66. The first-order chi connectivity index (χ1) is 24.5. The van der Waals surface area contributed by atoms with Crippen molar-refractivity contribution in [1.29, 1.82) is 0 Å². The molecule has 0 aromatic heterocycles.